The van der Waals surface area contributed by atoms with Gasteiger partial charge in [0.1, 0.15) is 9.77 Å². The molecule has 2 aromatic rings. The lowest BCUT2D eigenvalue weighted by Crippen LogP contribution is -2.51. The van der Waals surface area contributed by atoms with Gasteiger partial charge in [0.2, 0.25) is 10.0 Å². The number of methoxy groups -OCH3 is 1. The Morgan fingerprint density at radius 2 is 2.13 bits per heavy atom. The molecule has 1 saturated heterocycles. The minimum absolute atomic E-state index is 0.0686. The second kappa shape index (κ2) is 6.20. The van der Waals surface area contributed by atoms with E-state index in [0.717, 1.165) is 16.0 Å². The van der Waals surface area contributed by atoms with Crippen LogP contribution in [0.15, 0.2) is 29.2 Å². The Hall–Kier alpha value is -1.48. The summed E-state index contributed by atoms with van der Waals surface area (Å²) in [6.45, 7) is 3.30. The van der Waals surface area contributed by atoms with E-state index in [9.17, 15) is 13.2 Å². The molecule has 0 amide bonds. The first-order valence-electron chi connectivity index (χ1n) is 7.28. The van der Waals surface area contributed by atoms with Crippen LogP contribution in [0.2, 0.25) is 0 Å². The van der Waals surface area contributed by atoms with Gasteiger partial charge in [-0.05, 0) is 13.0 Å². The van der Waals surface area contributed by atoms with E-state index in [0.29, 0.717) is 25.0 Å². The first kappa shape index (κ1) is 16.4. The second-order valence-corrected chi connectivity index (χ2v) is 8.39. The molecule has 0 radical (unpaired) electrons. The van der Waals surface area contributed by atoms with Gasteiger partial charge >= 0.3 is 5.97 Å². The fourth-order valence-electron chi connectivity index (χ4n) is 2.75. The molecule has 1 unspecified atom stereocenters. The number of sulfonamides is 1. The number of hydrogen-bond donors (Lipinski definition) is 1. The van der Waals surface area contributed by atoms with E-state index in [1.165, 1.54) is 11.4 Å². The molecular weight excluding hydrogens is 336 g/mol. The van der Waals surface area contributed by atoms with Gasteiger partial charge in [0, 0.05) is 35.8 Å². The number of fused-ring (bicyclic) bond motifs is 1. The Balaban J connectivity index is 2.19. The Morgan fingerprint density at radius 1 is 1.39 bits per heavy atom. The third-order valence-electron chi connectivity index (χ3n) is 3.85. The largest absolute Gasteiger partial charge is 0.465 e. The molecule has 1 aliphatic rings. The van der Waals surface area contributed by atoms with Crippen molar-refractivity contribution >= 4 is 37.4 Å². The topological polar surface area (TPSA) is 75.7 Å². The summed E-state index contributed by atoms with van der Waals surface area (Å²) in [6.07, 6.45) is 0. The van der Waals surface area contributed by atoms with Crippen LogP contribution < -0.4 is 5.32 Å². The summed E-state index contributed by atoms with van der Waals surface area (Å²) in [4.78, 5) is 12.3. The average Bonchev–Trinajstić information content (AvgIpc) is 2.94. The van der Waals surface area contributed by atoms with E-state index in [1.54, 1.807) is 12.1 Å². The number of benzene rings is 1. The van der Waals surface area contributed by atoms with Crippen molar-refractivity contribution in [3.05, 3.63) is 29.1 Å². The Bertz CT molecular complexity index is 844. The van der Waals surface area contributed by atoms with Crippen molar-refractivity contribution in [3.8, 4) is 0 Å². The summed E-state index contributed by atoms with van der Waals surface area (Å²) in [5.41, 5.74) is 0. The van der Waals surface area contributed by atoms with Gasteiger partial charge in [-0.25, -0.2) is 13.2 Å². The minimum atomic E-state index is -3.76. The fraction of sp³-hybridized carbons (Fsp3) is 0.400. The standard InChI is InChI=1S/C15H18N2O4S2/c1-10-9-17(8-7-16-10)23(19,20)14-11-5-3-4-6-12(11)22-13(14)15(18)21-2/h3-6,10,16H,7-9H2,1-2H3. The highest BCUT2D eigenvalue weighted by Crippen LogP contribution is 2.37. The summed E-state index contributed by atoms with van der Waals surface area (Å²) in [5.74, 6) is -0.618. The molecular formula is C15H18N2O4S2. The first-order valence-corrected chi connectivity index (χ1v) is 9.54. The number of piperazine rings is 1. The van der Waals surface area contributed by atoms with Crippen LogP contribution in [0, 0.1) is 0 Å². The molecule has 1 aromatic carbocycles. The van der Waals surface area contributed by atoms with Crippen LogP contribution in [-0.4, -0.2) is 51.5 Å². The molecule has 0 bridgehead atoms. The molecule has 2 heterocycles. The van der Waals surface area contributed by atoms with Gasteiger partial charge in [-0.15, -0.1) is 11.3 Å². The number of esters is 1. The van der Waals surface area contributed by atoms with Crippen LogP contribution in [0.1, 0.15) is 16.6 Å². The van der Waals surface area contributed by atoms with Crippen LogP contribution in [0.5, 0.6) is 0 Å². The smallest absolute Gasteiger partial charge is 0.349 e. The molecule has 6 nitrogen and oxygen atoms in total. The van der Waals surface area contributed by atoms with Gasteiger partial charge in [-0.2, -0.15) is 4.31 Å². The summed E-state index contributed by atoms with van der Waals surface area (Å²) in [5, 5.41) is 3.79. The lowest BCUT2D eigenvalue weighted by atomic mass is 10.2. The number of carbonyl (C=O) groups is 1. The van der Waals surface area contributed by atoms with Crippen molar-refractivity contribution in [1.82, 2.24) is 9.62 Å². The van der Waals surface area contributed by atoms with Crippen molar-refractivity contribution in [2.45, 2.75) is 17.9 Å². The predicted molar refractivity (Wildman–Crippen MR) is 89.4 cm³/mol. The zero-order chi connectivity index (χ0) is 16.6. The summed E-state index contributed by atoms with van der Waals surface area (Å²) in [7, 11) is -2.50. The fourth-order valence-corrected chi connectivity index (χ4v) is 6.05. The molecule has 1 aromatic heterocycles. The number of carbonyl (C=O) groups excluding carboxylic acids is 1. The molecule has 23 heavy (non-hydrogen) atoms. The highest BCUT2D eigenvalue weighted by atomic mass is 32.2. The summed E-state index contributed by atoms with van der Waals surface area (Å²) in [6, 6.07) is 7.21. The monoisotopic (exact) mass is 354 g/mol. The zero-order valence-corrected chi connectivity index (χ0v) is 14.5. The van der Waals surface area contributed by atoms with Crippen LogP contribution in [0.3, 0.4) is 0 Å². The van der Waals surface area contributed by atoms with Crippen molar-refractivity contribution < 1.29 is 17.9 Å². The highest BCUT2D eigenvalue weighted by Gasteiger charge is 2.35. The van der Waals surface area contributed by atoms with E-state index in [2.05, 4.69) is 5.32 Å². The highest BCUT2D eigenvalue weighted by molar-refractivity contribution is 7.89. The second-order valence-electron chi connectivity index (χ2n) is 5.47. The number of thiophene rings is 1. The van der Waals surface area contributed by atoms with Gasteiger partial charge in [0.05, 0.1) is 7.11 Å². The van der Waals surface area contributed by atoms with Crippen molar-refractivity contribution in [2.75, 3.05) is 26.7 Å². The Morgan fingerprint density at radius 3 is 2.83 bits per heavy atom. The lowest BCUT2D eigenvalue weighted by molar-refractivity contribution is 0.0602. The molecule has 1 fully saturated rings. The van der Waals surface area contributed by atoms with E-state index < -0.39 is 16.0 Å². The van der Waals surface area contributed by atoms with Gasteiger partial charge in [-0.3, -0.25) is 0 Å². The molecule has 0 aliphatic carbocycles. The molecule has 0 saturated carbocycles. The number of nitrogens with one attached hydrogen (secondary N) is 1. The maximum absolute atomic E-state index is 13.1. The number of ether oxygens (including phenoxy) is 1. The molecule has 124 valence electrons. The van der Waals surface area contributed by atoms with Gasteiger partial charge in [0.15, 0.2) is 0 Å². The van der Waals surface area contributed by atoms with Crippen LogP contribution in [-0.2, 0) is 14.8 Å². The van der Waals surface area contributed by atoms with Crippen LogP contribution in [0.25, 0.3) is 10.1 Å². The first-order chi connectivity index (χ1) is 10.9. The molecule has 8 heteroatoms. The SMILES string of the molecule is COC(=O)c1sc2ccccc2c1S(=O)(=O)N1CCNC(C)C1. The van der Waals surface area contributed by atoms with Crippen molar-refractivity contribution in [2.24, 2.45) is 0 Å². The van der Waals surface area contributed by atoms with Crippen molar-refractivity contribution in [1.29, 1.82) is 0 Å². The third kappa shape index (κ3) is 2.87. The van der Waals surface area contributed by atoms with Crippen LogP contribution >= 0.6 is 11.3 Å². The molecule has 1 N–H and O–H groups in total. The predicted octanol–water partition coefficient (Wildman–Crippen LogP) is 1.67. The molecule has 3 rings (SSSR count). The van der Waals surface area contributed by atoms with Crippen LogP contribution in [0.4, 0.5) is 0 Å². The van der Waals surface area contributed by atoms with Gasteiger partial charge < -0.3 is 10.1 Å². The summed E-state index contributed by atoms with van der Waals surface area (Å²) < 4.78 is 33.3. The van der Waals surface area contributed by atoms with E-state index in [4.69, 9.17) is 4.74 Å². The normalized spacial score (nSPS) is 19.8. The number of rotatable bonds is 3. The lowest BCUT2D eigenvalue weighted by Gasteiger charge is -2.31. The van der Waals surface area contributed by atoms with E-state index in [1.807, 2.05) is 19.1 Å². The van der Waals surface area contributed by atoms with Crippen molar-refractivity contribution in [3.63, 3.8) is 0 Å². The van der Waals surface area contributed by atoms with Gasteiger partial charge in [-0.1, -0.05) is 18.2 Å². The summed E-state index contributed by atoms with van der Waals surface area (Å²) >= 11 is 1.15. The molecule has 1 aliphatic heterocycles. The molecule has 1 atom stereocenters. The Kier molecular flexibility index (Phi) is 4.41. The van der Waals surface area contributed by atoms with E-state index >= 15 is 0 Å². The Labute approximate surface area is 139 Å². The van der Waals surface area contributed by atoms with Gasteiger partial charge in [0.25, 0.3) is 0 Å². The average molecular weight is 354 g/mol. The maximum Gasteiger partial charge on any atom is 0.349 e. The maximum atomic E-state index is 13.1. The minimum Gasteiger partial charge on any atom is -0.465 e. The molecule has 0 spiro atoms. The number of nitrogens with zero attached hydrogens (tertiary/aromatic N) is 1. The quantitative estimate of drug-likeness (QED) is 0.849. The van der Waals surface area contributed by atoms with E-state index in [-0.39, 0.29) is 15.8 Å². The third-order valence-corrected chi connectivity index (χ3v) is 7.08. The zero-order valence-electron chi connectivity index (χ0n) is 12.9. The number of hydrogen-bond acceptors (Lipinski definition) is 6.